The Morgan fingerprint density at radius 2 is 0.833 bits per heavy atom. The van der Waals surface area contributed by atoms with E-state index in [1.165, 1.54) is 0 Å². The molecule has 0 bridgehead atoms. The van der Waals surface area contributed by atoms with E-state index in [0.717, 1.165) is 0 Å². The summed E-state index contributed by atoms with van der Waals surface area (Å²) in [7, 11) is 0. The molecule has 0 aromatic heterocycles. The lowest BCUT2D eigenvalue weighted by atomic mass is 10.3. The predicted octanol–water partition coefficient (Wildman–Crippen LogP) is -2.59. The second-order valence-corrected chi connectivity index (χ2v) is 2.01. The van der Waals surface area contributed by atoms with Crippen molar-refractivity contribution in [3.8, 4) is 11.5 Å². The minimum absolute atomic E-state index is 1.37. The fraction of sp³-hybridized carbons (Fsp3) is 0. The van der Waals surface area contributed by atoms with E-state index in [2.05, 4.69) is 0 Å². The molecule has 0 fully saturated rings. The van der Waals surface area contributed by atoms with Crippen LogP contribution >= 0.6 is 0 Å². The molecular weight excluding hydrogens is 168 g/mol. The lowest BCUT2D eigenvalue weighted by Crippen LogP contribution is -2.45. The van der Waals surface area contributed by atoms with Gasteiger partial charge in [0.15, 0.2) is 0 Å². The monoisotopic (exact) mass is 170 g/mol. The second-order valence-electron chi connectivity index (χ2n) is 2.01. The van der Waals surface area contributed by atoms with E-state index < -0.39 is 33.2 Å². The van der Waals surface area contributed by atoms with Crippen LogP contribution in [-0.2, 0) is 0 Å². The molecule has 0 amide bonds. The van der Waals surface area contributed by atoms with Crippen LogP contribution in [0.1, 0.15) is 0 Å². The molecule has 0 aliphatic rings. The van der Waals surface area contributed by atoms with Crippen molar-refractivity contribution in [1.82, 2.24) is 0 Å². The van der Waals surface area contributed by atoms with Crippen LogP contribution in [0.2, 0.25) is 0 Å². The molecule has 0 radical (unpaired) electrons. The molecular formula is C6H2O6. The largest absolute Gasteiger partial charge is 0.501 e. The molecule has 6 nitrogen and oxygen atoms in total. The topological polar surface area (TPSA) is 109 Å². The number of phenols is 2. The molecule has 0 aliphatic carbocycles. The van der Waals surface area contributed by atoms with Crippen molar-refractivity contribution in [2.45, 2.75) is 0 Å². The average Bonchev–Trinajstić information content (AvgIpc) is 2.08. The van der Waals surface area contributed by atoms with Crippen molar-refractivity contribution >= 4 is 0 Å². The molecule has 0 heterocycles. The maximum absolute atomic E-state index is 10.5. The predicted molar refractivity (Wildman–Crippen MR) is 37.2 cm³/mol. The zero-order valence-corrected chi connectivity index (χ0v) is 5.53. The van der Waals surface area contributed by atoms with Crippen molar-refractivity contribution in [3.63, 3.8) is 0 Å². The van der Waals surface area contributed by atoms with Crippen LogP contribution in [0.15, 0.2) is 19.2 Å². The quantitative estimate of drug-likeness (QED) is 0.326. The van der Waals surface area contributed by atoms with Crippen molar-refractivity contribution in [3.05, 3.63) is 40.9 Å². The molecule has 1 aromatic carbocycles. The molecule has 0 spiro atoms. The Morgan fingerprint density at radius 3 is 1.08 bits per heavy atom. The Kier molecular flexibility index (Phi) is 1.53. The molecule has 0 unspecified atom stereocenters. The van der Waals surface area contributed by atoms with Gasteiger partial charge < -0.3 is 10.2 Å². The molecule has 1 rings (SSSR count). The zero-order chi connectivity index (χ0) is 9.46. The number of benzene rings is 1. The second kappa shape index (κ2) is 2.26. The molecule has 0 saturated heterocycles. The summed E-state index contributed by atoms with van der Waals surface area (Å²) in [6.07, 6.45) is 0. The Bertz CT molecular complexity index is 470. The van der Waals surface area contributed by atoms with Gasteiger partial charge in [-0.25, -0.2) is 0 Å². The van der Waals surface area contributed by atoms with E-state index in [0.29, 0.717) is 0 Å². The minimum Gasteiger partial charge on any atom is -0.501 e. The van der Waals surface area contributed by atoms with Gasteiger partial charge in [0.2, 0.25) is 11.5 Å². The van der Waals surface area contributed by atoms with Crippen molar-refractivity contribution < 1.29 is 10.2 Å². The van der Waals surface area contributed by atoms with E-state index >= 15 is 0 Å². The highest BCUT2D eigenvalue weighted by molar-refractivity contribution is 5.36. The summed E-state index contributed by atoms with van der Waals surface area (Å²) >= 11 is 0. The maximum Gasteiger partial charge on any atom is 0.281 e. The molecule has 0 atom stereocenters. The van der Waals surface area contributed by atoms with Gasteiger partial charge in [-0.2, -0.15) is 0 Å². The zero-order valence-electron chi connectivity index (χ0n) is 5.53. The number of hydrogen-bond acceptors (Lipinski definition) is 6. The number of hydrogen-bond donors (Lipinski definition) is 2. The van der Waals surface area contributed by atoms with Crippen molar-refractivity contribution in [2.24, 2.45) is 0 Å². The van der Waals surface area contributed by atoms with E-state index in [1.807, 2.05) is 0 Å². The van der Waals surface area contributed by atoms with Crippen LogP contribution < -0.4 is 21.7 Å². The van der Waals surface area contributed by atoms with Crippen molar-refractivity contribution in [2.75, 3.05) is 0 Å². The average molecular weight is 170 g/mol. The Labute approximate surface area is 63.7 Å². The summed E-state index contributed by atoms with van der Waals surface area (Å²) in [4.78, 5) is 41.9. The van der Waals surface area contributed by atoms with E-state index in [1.54, 1.807) is 0 Å². The third kappa shape index (κ3) is 0.815. The SMILES string of the molecule is O=c1c(O)c(O)c(=O)c(=O)c1=O. The van der Waals surface area contributed by atoms with Crippen LogP contribution in [0.25, 0.3) is 0 Å². The highest BCUT2D eigenvalue weighted by Crippen LogP contribution is 2.08. The van der Waals surface area contributed by atoms with Gasteiger partial charge in [-0.15, -0.1) is 0 Å². The van der Waals surface area contributed by atoms with E-state index in [4.69, 9.17) is 10.2 Å². The molecule has 12 heavy (non-hydrogen) atoms. The number of rotatable bonds is 0. The summed E-state index contributed by atoms with van der Waals surface area (Å²) in [6.45, 7) is 0. The summed E-state index contributed by atoms with van der Waals surface area (Å²) in [6, 6.07) is 0. The van der Waals surface area contributed by atoms with Crippen LogP contribution in [0.4, 0.5) is 0 Å². The lowest BCUT2D eigenvalue weighted by molar-refractivity contribution is 0.395. The van der Waals surface area contributed by atoms with Crippen LogP contribution in [0.5, 0.6) is 11.5 Å². The fourth-order valence-corrected chi connectivity index (χ4v) is 0.636. The van der Waals surface area contributed by atoms with Gasteiger partial charge in [-0.1, -0.05) is 0 Å². The first kappa shape index (κ1) is 8.12. The Hall–Kier alpha value is -1.98. The minimum atomic E-state index is -1.63. The van der Waals surface area contributed by atoms with Gasteiger partial charge in [0.1, 0.15) is 0 Å². The maximum atomic E-state index is 10.5. The highest BCUT2D eigenvalue weighted by Gasteiger charge is 2.16. The van der Waals surface area contributed by atoms with Gasteiger partial charge in [0.05, 0.1) is 0 Å². The standard InChI is InChI=1S/C6H2O6/c7-1-2(8)4(10)6(12)5(11)3(1)9/h7-8H. The van der Waals surface area contributed by atoms with Gasteiger partial charge in [0, 0.05) is 0 Å². The lowest BCUT2D eigenvalue weighted by Gasteiger charge is -1.88. The van der Waals surface area contributed by atoms with Crippen LogP contribution in [0.3, 0.4) is 0 Å². The molecule has 0 saturated carbocycles. The normalized spacial score (nSPS) is 10.0. The third-order valence-electron chi connectivity index (χ3n) is 1.27. The first-order valence-electron chi connectivity index (χ1n) is 2.76. The van der Waals surface area contributed by atoms with Crippen LogP contribution in [0, 0.1) is 0 Å². The first-order valence-corrected chi connectivity index (χ1v) is 2.76. The van der Waals surface area contributed by atoms with Crippen molar-refractivity contribution in [1.29, 1.82) is 0 Å². The van der Waals surface area contributed by atoms with Gasteiger partial charge in [0.25, 0.3) is 21.7 Å². The summed E-state index contributed by atoms with van der Waals surface area (Å²) < 4.78 is 0. The third-order valence-corrected chi connectivity index (χ3v) is 1.27. The highest BCUT2D eigenvalue weighted by atomic mass is 16.3. The Balaban J connectivity index is 4.15. The van der Waals surface area contributed by atoms with Crippen LogP contribution in [-0.4, -0.2) is 10.2 Å². The van der Waals surface area contributed by atoms with Gasteiger partial charge >= 0.3 is 0 Å². The number of aromatic hydroxyl groups is 2. The smallest absolute Gasteiger partial charge is 0.281 e. The molecule has 1 aromatic rings. The molecule has 0 aliphatic heterocycles. The summed E-state index contributed by atoms with van der Waals surface area (Å²) in [5.41, 5.74) is -6.38. The van der Waals surface area contributed by atoms with E-state index in [9.17, 15) is 19.2 Å². The van der Waals surface area contributed by atoms with Gasteiger partial charge in [-0.05, 0) is 0 Å². The number of phenolic OH excluding ortho intramolecular Hbond substituents is 2. The first-order chi connectivity index (χ1) is 5.46. The van der Waals surface area contributed by atoms with Gasteiger partial charge in [-0.3, -0.25) is 19.2 Å². The molecule has 6 heteroatoms. The summed E-state index contributed by atoms with van der Waals surface area (Å²) in [5.74, 6) is -2.74. The summed E-state index contributed by atoms with van der Waals surface area (Å²) in [5, 5.41) is 17.2. The fourth-order valence-electron chi connectivity index (χ4n) is 0.636. The molecule has 2 N–H and O–H groups in total. The Morgan fingerprint density at radius 1 is 0.583 bits per heavy atom. The molecule has 62 valence electrons. The van der Waals surface area contributed by atoms with E-state index in [-0.39, 0.29) is 0 Å².